The Hall–Kier alpha value is -0.750. The van der Waals surface area contributed by atoms with Crippen LogP contribution in [0.15, 0.2) is 0 Å². The normalized spacial score (nSPS) is 11.6. The zero-order chi connectivity index (χ0) is 9.61. The molecule has 0 aromatic rings. The van der Waals surface area contributed by atoms with Gasteiger partial charge in [0.05, 0.1) is 13.2 Å². The Balaban J connectivity index is 3.54. The van der Waals surface area contributed by atoms with Crippen molar-refractivity contribution in [3.8, 4) is 0 Å². The molecule has 0 saturated heterocycles. The summed E-state index contributed by atoms with van der Waals surface area (Å²) in [4.78, 5) is 10.1. The average Bonchev–Trinajstić information content (AvgIpc) is 1.98. The monoisotopic (exact) mass is 182 g/mol. The summed E-state index contributed by atoms with van der Waals surface area (Å²) < 4.78 is 29.4. The number of nitrogens with two attached hydrogens (primary N) is 1. The molecule has 0 radical (unpaired) electrons. The van der Waals surface area contributed by atoms with Crippen LogP contribution >= 0.6 is 0 Å². The van der Waals surface area contributed by atoms with Gasteiger partial charge in [0.25, 0.3) is 5.91 Å². The lowest BCUT2D eigenvalue weighted by Gasteiger charge is -2.12. The fraction of sp³-hybridized carbons (Fsp3) is 0.833. The van der Waals surface area contributed by atoms with Gasteiger partial charge in [0.1, 0.15) is 0 Å². The molecule has 0 aliphatic heterocycles. The quantitative estimate of drug-likeness (QED) is 0.536. The van der Waals surface area contributed by atoms with Gasteiger partial charge in [0, 0.05) is 13.7 Å². The molecule has 0 bridgehead atoms. The molecule has 0 rings (SSSR count). The minimum absolute atomic E-state index is 0.263. The number of rotatable bonds is 6. The van der Waals surface area contributed by atoms with Gasteiger partial charge in [-0.3, -0.25) is 4.79 Å². The first kappa shape index (κ1) is 11.2. The van der Waals surface area contributed by atoms with Gasteiger partial charge in [-0.1, -0.05) is 0 Å². The van der Waals surface area contributed by atoms with Crippen LogP contribution in [0.25, 0.3) is 0 Å². The van der Waals surface area contributed by atoms with Gasteiger partial charge in [-0.2, -0.15) is 8.78 Å². The Labute approximate surface area is 69.1 Å². The number of hydrogen-bond donors (Lipinski definition) is 2. The number of primary amides is 1. The lowest BCUT2D eigenvalue weighted by molar-refractivity contribution is -0.141. The number of halogens is 2. The maximum atomic E-state index is 12.4. The molecule has 0 aliphatic carbocycles. The second-order valence-electron chi connectivity index (χ2n) is 2.24. The van der Waals surface area contributed by atoms with Crippen molar-refractivity contribution in [3.63, 3.8) is 0 Å². The standard InChI is InChI=1S/C6H12F2N2O2/c1-12-3-2-10-4-6(7,8)5(9)11/h10H,2-4H2,1H3,(H2,9,11). The molecule has 0 saturated carbocycles. The number of carbonyl (C=O) groups is 1. The third kappa shape index (κ3) is 4.20. The van der Waals surface area contributed by atoms with Crippen molar-refractivity contribution in [2.75, 3.05) is 26.8 Å². The first-order valence-electron chi connectivity index (χ1n) is 3.38. The van der Waals surface area contributed by atoms with Crippen LogP contribution in [-0.2, 0) is 9.53 Å². The van der Waals surface area contributed by atoms with Crippen LogP contribution in [0.5, 0.6) is 0 Å². The van der Waals surface area contributed by atoms with Crippen LogP contribution in [0.4, 0.5) is 8.78 Å². The highest BCUT2D eigenvalue weighted by Gasteiger charge is 2.35. The van der Waals surface area contributed by atoms with Crippen molar-refractivity contribution in [2.24, 2.45) is 5.73 Å². The van der Waals surface area contributed by atoms with E-state index in [1.165, 1.54) is 7.11 Å². The highest BCUT2D eigenvalue weighted by molar-refractivity contribution is 5.81. The van der Waals surface area contributed by atoms with Crippen molar-refractivity contribution >= 4 is 5.91 Å². The lowest BCUT2D eigenvalue weighted by Crippen LogP contribution is -2.44. The molecule has 1 amide bonds. The Bertz CT molecular complexity index is 152. The second-order valence-corrected chi connectivity index (χ2v) is 2.24. The molecule has 0 aliphatic rings. The summed E-state index contributed by atoms with van der Waals surface area (Å²) >= 11 is 0. The van der Waals surface area contributed by atoms with E-state index in [-0.39, 0.29) is 6.54 Å². The summed E-state index contributed by atoms with van der Waals surface area (Å²) in [6.07, 6.45) is 0. The molecule has 6 heteroatoms. The van der Waals surface area contributed by atoms with Crippen LogP contribution < -0.4 is 11.1 Å². The molecular weight excluding hydrogens is 170 g/mol. The van der Waals surface area contributed by atoms with Crippen molar-refractivity contribution < 1.29 is 18.3 Å². The number of alkyl halides is 2. The number of nitrogens with one attached hydrogen (secondary N) is 1. The fourth-order valence-electron chi connectivity index (χ4n) is 0.507. The van der Waals surface area contributed by atoms with Crippen molar-refractivity contribution in [3.05, 3.63) is 0 Å². The average molecular weight is 182 g/mol. The molecule has 72 valence electrons. The first-order valence-corrected chi connectivity index (χ1v) is 3.38. The maximum Gasteiger partial charge on any atom is 0.336 e. The Morgan fingerprint density at radius 1 is 1.67 bits per heavy atom. The minimum atomic E-state index is -3.48. The Kier molecular flexibility index (Phi) is 4.68. The lowest BCUT2D eigenvalue weighted by atomic mass is 10.3. The largest absolute Gasteiger partial charge is 0.383 e. The molecule has 12 heavy (non-hydrogen) atoms. The van der Waals surface area contributed by atoms with Crippen LogP contribution in [0, 0.1) is 0 Å². The van der Waals surface area contributed by atoms with E-state index in [1.54, 1.807) is 0 Å². The third-order valence-electron chi connectivity index (χ3n) is 1.19. The molecule has 0 atom stereocenters. The molecule has 0 heterocycles. The highest BCUT2D eigenvalue weighted by Crippen LogP contribution is 2.09. The maximum absolute atomic E-state index is 12.4. The molecule has 0 spiro atoms. The van der Waals surface area contributed by atoms with Gasteiger partial charge < -0.3 is 15.8 Å². The van der Waals surface area contributed by atoms with Gasteiger partial charge in [-0.25, -0.2) is 0 Å². The Morgan fingerprint density at radius 3 is 2.67 bits per heavy atom. The molecule has 0 unspecified atom stereocenters. The summed E-state index contributed by atoms with van der Waals surface area (Å²) in [7, 11) is 1.45. The molecular formula is C6H12F2N2O2. The topological polar surface area (TPSA) is 64.3 Å². The summed E-state index contributed by atoms with van der Waals surface area (Å²) in [6.45, 7) is -0.167. The van der Waals surface area contributed by atoms with Gasteiger partial charge in [0.15, 0.2) is 0 Å². The van der Waals surface area contributed by atoms with E-state index < -0.39 is 18.4 Å². The zero-order valence-corrected chi connectivity index (χ0v) is 6.77. The van der Waals surface area contributed by atoms with Crippen LogP contribution in [0.1, 0.15) is 0 Å². The molecule has 0 aromatic carbocycles. The SMILES string of the molecule is COCCNCC(F)(F)C(N)=O. The van der Waals surface area contributed by atoms with Gasteiger partial charge in [-0.15, -0.1) is 0 Å². The summed E-state index contributed by atoms with van der Waals surface area (Å²) in [5.41, 5.74) is 4.42. The summed E-state index contributed by atoms with van der Waals surface area (Å²) in [5.74, 6) is -5.10. The Morgan fingerprint density at radius 2 is 2.25 bits per heavy atom. The predicted molar refractivity (Wildman–Crippen MR) is 38.9 cm³/mol. The number of ether oxygens (including phenoxy) is 1. The smallest absolute Gasteiger partial charge is 0.336 e. The minimum Gasteiger partial charge on any atom is -0.383 e. The second kappa shape index (κ2) is 5.00. The third-order valence-corrected chi connectivity index (χ3v) is 1.19. The number of methoxy groups -OCH3 is 1. The van der Waals surface area contributed by atoms with Gasteiger partial charge in [-0.05, 0) is 0 Å². The number of carbonyl (C=O) groups excluding carboxylic acids is 1. The fourth-order valence-corrected chi connectivity index (χ4v) is 0.507. The van der Waals surface area contributed by atoms with Crippen LogP contribution in [-0.4, -0.2) is 38.6 Å². The van der Waals surface area contributed by atoms with Crippen LogP contribution in [0.3, 0.4) is 0 Å². The van der Waals surface area contributed by atoms with Crippen molar-refractivity contribution in [1.29, 1.82) is 0 Å². The number of hydrogen-bond acceptors (Lipinski definition) is 3. The van der Waals surface area contributed by atoms with E-state index >= 15 is 0 Å². The van der Waals surface area contributed by atoms with E-state index in [1.807, 2.05) is 0 Å². The first-order chi connectivity index (χ1) is 5.50. The van der Waals surface area contributed by atoms with Gasteiger partial charge in [0.2, 0.25) is 0 Å². The molecule has 4 nitrogen and oxygen atoms in total. The number of amides is 1. The van der Waals surface area contributed by atoms with Crippen LogP contribution in [0.2, 0.25) is 0 Å². The van der Waals surface area contributed by atoms with E-state index in [4.69, 9.17) is 0 Å². The highest BCUT2D eigenvalue weighted by atomic mass is 19.3. The van der Waals surface area contributed by atoms with E-state index in [0.29, 0.717) is 6.61 Å². The van der Waals surface area contributed by atoms with Gasteiger partial charge >= 0.3 is 5.92 Å². The molecule has 0 aromatic heterocycles. The molecule has 3 N–H and O–H groups in total. The van der Waals surface area contributed by atoms with Crippen molar-refractivity contribution in [2.45, 2.75) is 5.92 Å². The van der Waals surface area contributed by atoms with E-state index in [2.05, 4.69) is 15.8 Å². The summed E-state index contributed by atoms with van der Waals surface area (Å²) in [5, 5.41) is 2.33. The van der Waals surface area contributed by atoms with E-state index in [0.717, 1.165) is 0 Å². The molecule has 0 fully saturated rings. The zero-order valence-electron chi connectivity index (χ0n) is 6.77. The predicted octanol–water partition coefficient (Wildman–Crippen LogP) is -0.657. The summed E-state index contributed by atoms with van der Waals surface area (Å²) in [6, 6.07) is 0. The van der Waals surface area contributed by atoms with Crippen molar-refractivity contribution in [1.82, 2.24) is 5.32 Å². The van der Waals surface area contributed by atoms with E-state index in [9.17, 15) is 13.6 Å².